The van der Waals surface area contributed by atoms with Crippen LogP contribution in [0, 0.1) is 11.8 Å². The summed E-state index contributed by atoms with van der Waals surface area (Å²) in [5.74, 6) is 0.860. The molecular weight excluding hydrogens is 302 g/mol. The van der Waals surface area contributed by atoms with Gasteiger partial charge < -0.3 is 19.5 Å². The van der Waals surface area contributed by atoms with E-state index in [9.17, 15) is 9.90 Å². The Morgan fingerprint density at radius 3 is 2.62 bits per heavy atom. The summed E-state index contributed by atoms with van der Waals surface area (Å²) < 4.78 is 2.15. The Balaban J connectivity index is 1.45. The van der Waals surface area contributed by atoms with E-state index in [1.165, 1.54) is 38.8 Å². The van der Waals surface area contributed by atoms with Crippen molar-refractivity contribution in [3.8, 4) is 0 Å². The van der Waals surface area contributed by atoms with Crippen molar-refractivity contribution in [2.24, 2.45) is 11.8 Å². The molecule has 1 amide bonds. The fourth-order valence-electron chi connectivity index (χ4n) is 4.49. The van der Waals surface area contributed by atoms with E-state index in [0.29, 0.717) is 18.5 Å². The van der Waals surface area contributed by atoms with Crippen molar-refractivity contribution < 1.29 is 9.90 Å². The second-order valence-electron chi connectivity index (χ2n) is 7.90. The van der Waals surface area contributed by atoms with Gasteiger partial charge in [-0.15, -0.1) is 0 Å². The lowest BCUT2D eigenvalue weighted by atomic mass is 9.89. The summed E-state index contributed by atoms with van der Waals surface area (Å²) in [6.07, 6.45) is 8.06. The van der Waals surface area contributed by atoms with Crippen LogP contribution in [-0.4, -0.2) is 64.7 Å². The first-order valence-corrected chi connectivity index (χ1v) is 9.54. The number of aliphatic hydroxyl groups is 1. The quantitative estimate of drug-likeness (QED) is 0.898. The zero-order chi connectivity index (χ0) is 16.5. The number of amides is 1. The molecule has 3 aliphatic rings. The molecule has 5 nitrogen and oxygen atoms in total. The van der Waals surface area contributed by atoms with E-state index in [1.54, 1.807) is 0 Å². The zero-order valence-corrected chi connectivity index (χ0v) is 14.4. The van der Waals surface area contributed by atoms with Gasteiger partial charge in [0.15, 0.2) is 0 Å². The molecule has 132 valence electrons. The number of nitrogens with zero attached hydrogens (tertiary/aromatic N) is 3. The van der Waals surface area contributed by atoms with E-state index in [0.717, 1.165) is 25.2 Å². The fraction of sp³-hybridized carbons (Fsp3) is 0.737. The molecule has 2 saturated heterocycles. The molecule has 3 heterocycles. The molecule has 5 heteroatoms. The Labute approximate surface area is 144 Å². The van der Waals surface area contributed by atoms with Crippen LogP contribution < -0.4 is 0 Å². The molecule has 1 saturated carbocycles. The summed E-state index contributed by atoms with van der Waals surface area (Å²) in [5.41, 5.74) is 0.830. The van der Waals surface area contributed by atoms with Crippen molar-refractivity contribution >= 4 is 5.91 Å². The first kappa shape index (κ1) is 16.2. The first-order chi connectivity index (χ1) is 11.7. The van der Waals surface area contributed by atoms with Crippen LogP contribution in [-0.2, 0) is 0 Å². The largest absolute Gasteiger partial charge is 0.396 e. The van der Waals surface area contributed by atoms with E-state index >= 15 is 0 Å². The third kappa shape index (κ3) is 3.38. The van der Waals surface area contributed by atoms with Crippen molar-refractivity contribution in [2.75, 3.05) is 39.3 Å². The maximum atomic E-state index is 13.1. The third-order valence-corrected chi connectivity index (χ3v) is 5.82. The first-order valence-electron chi connectivity index (χ1n) is 9.54. The fourth-order valence-corrected chi connectivity index (χ4v) is 4.49. The van der Waals surface area contributed by atoms with Crippen LogP contribution in [0.5, 0.6) is 0 Å². The summed E-state index contributed by atoms with van der Waals surface area (Å²) in [5, 5.41) is 9.70. The van der Waals surface area contributed by atoms with Gasteiger partial charge in [0, 0.05) is 38.5 Å². The smallest absolute Gasteiger partial charge is 0.270 e. The Hall–Kier alpha value is -1.33. The Morgan fingerprint density at radius 2 is 1.92 bits per heavy atom. The van der Waals surface area contributed by atoms with Gasteiger partial charge in [-0.2, -0.15) is 0 Å². The summed E-state index contributed by atoms with van der Waals surface area (Å²) in [6.45, 7) is 5.18. The lowest BCUT2D eigenvalue weighted by Gasteiger charge is -2.38. The van der Waals surface area contributed by atoms with Crippen LogP contribution in [0.2, 0.25) is 0 Å². The number of hydrogen-bond acceptors (Lipinski definition) is 3. The highest BCUT2D eigenvalue weighted by Gasteiger charge is 2.34. The highest BCUT2D eigenvalue weighted by molar-refractivity contribution is 5.93. The van der Waals surface area contributed by atoms with Gasteiger partial charge in [0.25, 0.3) is 5.91 Å². The van der Waals surface area contributed by atoms with Crippen molar-refractivity contribution in [2.45, 2.75) is 38.1 Å². The number of likely N-dealkylation sites (tertiary alicyclic amines) is 2. The van der Waals surface area contributed by atoms with Gasteiger partial charge >= 0.3 is 0 Å². The lowest BCUT2D eigenvalue weighted by molar-refractivity contribution is 0.0456. The average molecular weight is 331 g/mol. The molecule has 0 aromatic carbocycles. The van der Waals surface area contributed by atoms with Gasteiger partial charge in [0.05, 0.1) is 0 Å². The Bertz CT molecular complexity index is 575. The van der Waals surface area contributed by atoms with Crippen LogP contribution in [0.1, 0.15) is 48.6 Å². The van der Waals surface area contributed by atoms with Crippen molar-refractivity contribution in [1.82, 2.24) is 14.4 Å². The third-order valence-electron chi connectivity index (χ3n) is 5.82. The van der Waals surface area contributed by atoms with Crippen molar-refractivity contribution in [1.29, 1.82) is 0 Å². The van der Waals surface area contributed by atoms with Crippen molar-refractivity contribution in [3.63, 3.8) is 0 Å². The van der Waals surface area contributed by atoms with Gasteiger partial charge in [-0.3, -0.25) is 4.79 Å². The van der Waals surface area contributed by atoms with Gasteiger partial charge in [-0.1, -0.05) is 0 Å². The Kier molecular flexibility index (Phi) is 4.63. The molecular formula is C19H29N3O2. The molecule has 2 aliphatic heterocycles. The van der Waals surface area contributed by atoms with Crippen LogP contribution >= 0.6 is 0 Å². The zero-order valence-electron chi connectivity index (χ0n) is 14.4. The van der Waals surface area contributed by atoms with E-state index in [1.807, 2.05) is 23.2 Å². The number of carbonyl (C=O) groups is 1. The number of aliphatic hydroxyl groups excluding tert-OH is 1. The van der Waals surface area contributed by atoms with E-state index in [-0.39, 0.29) is 18.4 Å². The second-order valence-corrected chi connectivity index (χ2v) is 7.90. The van der Waals surface area contributed by atoms with Crippen LogP contribution in [0.15, 0.2) is 18.3 Å². The molecule has 0 spiro atoms. The van der Waals surface area contributed by atoms with Gasteiger partial charge in [-0.25, -0.2) is 0 Å². The molecule has 1 aliphatic carbocycles. The highest BCUT2D eigenvalue weighted by atomic mass is 16.3. The van der Waals surface area contributed by atoms with Crippen LogP contribution in [0.3, 0.4) is 0 Å². The maximum absolute atomic E-state index is 13.1. The van der Waals surface area contributed by atoms with E-state index in [4.69, 9.17) is 0 Å². The molecule has 3 fully saturated rings. The van der Waals surface area contributed by atoms with Gasteiger partial charge in [0.1, 0.15) is 5.69 Å². The summed E-state index contributed by atoms with van der Waals surface area (Å²) in [6, 6.07) is 4.47. The number of piperidine rings is 1. The molecule has 4 rings (SSSR count). The number of aromatic nitrogens is 1. The average Bonchev–Trinajstić information content (AvgIpc) is 3.10. The van der Waals surface area contributed by atoms with E-state index < -0.39 is 0 Å². The molecule has 24 heavy (non-hydrogen) atoms. The molecule has 1 aromatic rings. The standard InChI is InChI=1S/C19H29N3O2/c23-14-16-10-15(11-20-7-1-2-8-20)12-21(13-16)19(24)18-4-3-9-22(18)17-5-6-17/h3-4,9,15-17,23H,1-2,5-8,10-14H2/t15-,16-/m0/s1. The maximum Gasteiger partial charge on any atom is 0.270 e. The highest BCUT2D eigenvalue weighted by Crippen LogP contribution is 2.36. The minimum absolute atomic E-state index is 0.150. The second kappa shape index (κ2) is 6.89. The summed E-state index contributed by atoms with van der Waals surface area (Å²) >= 11 is 0. The normalized spacial score (nSPS) is 28.5. The summed E-state index contributed by atoms with van der Waals surface area (Å²) in [7, 11) is 0. The van der Waals surface area contributed by atoms with Gasteiger partial charge in [0.2, 0.25) is 0 Å². The number of rotatable bonds is 5. The molecule has 1 N–H and O–H groups in total. The molecule has 2 atom stereocenters. The van der Waals surface area contributed by atoms with E-state index in [2.05, 4.69) is 9.47 Å². The molecule has 1 aromatic heterocycles. The SMILES string of the molecule is O=C(c1cccn1C1CC1)N1C[C@@H](CO)C[C@@H](CN2CCCC2)C1. The Morgan fingerprint density at radius 1 is 1.17 bits per heavy atom. The molecule has 0 radical (unpaired) electrons. The topological polar surface area (TPSA) is 48.7 Å². The predicted octanol–water partition coefficient (Wildman–Crippen LogP) is 1.99. The monoisotopic (exact) mass is 331 g/mol. The minimum atomic E-state index is 0.150. The molecule has 0 bridgehead atoms. The van der Waals surface area contributed by atoms with Gasteiger partial charge in [-0.05, 0) is 69.2 Å². The predicted molar refractivity (Wildman–Crippen MR) is 93.0 cm³/mol. The number of carbonyl (C=O) groups excluding carboxylic acids is 1. The minimum Gasteiger partial charge on any atom is -0.396 e. The summed E-state index contributed by atoms with van der Waals surface area (Å²) in [4.78, 5) is 17.6. The van der Waals surface area contributed by atoms with Crippen LogP contribution in [0.4, 0.5) is 0 Å². The lowest BCUT2D eigenvalue weighted by Crippen LogP contribution is -2.48. The van der Waals surface area contributed by atoms with Crippen LogP contribution in [0.25, 0.3) is 0 Å². The molecule has 0 unspecified atom stereocenters. The number of hydrogen-bond donors (Lipinski definition) is 1. The van der Waals surface area contributed by atoms with Crippen molar-refractivity contribution in [3.05, 3.63) is 24.0 Å².